The third-order valence-electron chi connectivity index (χ3n) is 9.59. The number of likely N-dealkylation sites (N-methyl/N-ethyl adjacent to an activating group) is 1. The van der Waals surface area contributed by atoms with Crippen molar-refractivity contribution in [3.63, 3.8) is 0 Å². The van der Waals surface area contributed by atoms with Gasteiger partial charge in [-0.05, 0) is 80.3 Å². The number of cyclic esters (lactones) is 1. The fourth-order valence-electron chi connectivity index (χ4n) is 7.50. The summed E-state index contributed by atoms with van der Waals surface area (Å²) >= 11 is 3.40. The highest BCUT2D eigenvalue weighted by Crippen LogP contribution is 2.52. The summed E-state index contributed by atoms with van der Waals surface area (Å²) in [5.41, 5.74) is 2.52. The van der Waals surface area contributed by atoms with Crippen LogP contribution in [0.1, 0.15) is 43.5 Å². The Labute approximate surface area is 245 Å². The number of ether oxygens (including phenoxy) is 2. The number of fused-ring (bicyclic) bond motifs is 4. The van der Waals surface area contributed by atoms with Gasteiger partial charge in [0.1, 0.15) is 18.2 Å². The number of nitrogens with zero attached hydrogens (tertiary/aromatic N) is 5. The Morgan fingerprint density at radius 1 is 1.32 bits per heavy atom. The minimum Gasteiger partial charge on any atom is -0.472 e. The van der Waals surface area contributed by atoms with Crippen molar-refractivity contribution in [2.24, 2.45) is 5.92 Å². The predicted molar refractivity (Wildman–Crippen MR) is 153 cm³/mol. The van der Waals surface area contributed by atoms with E-state index in [1.807, 2.05) is 26.0 Å². The van der Waals surface area contributed by atoms with E-state index in [0.29, 0.717) is 35.4 Å². The second-order valence-electron chi connectivity index (χ2n) is 11.9. The number of amides is 2. The lowest BCUT2D eigenvalue weighted by atomic mass is 9.79. The summed E-state index contributed by atoms with van der Waals surface area (Å²) in [4.78, 5) is 34.7. The highest BCUT2D eigenvalue weighted by Gasteiger charge is 2.55. The molecule has 5 aliphatic rings. The van der Waals surface area contributed by atoms with E-state index in [0.717, 1.165) is 48.0 Å². The Balaban J connectivity index is 1.46. The molecular weight excluding hydrogens is 597 g/mol. The molecule has 4 saturated heterocycles. The summed E-state index contributed by atoms with van der Waals surface area (Å²) in [6.45, 7) is 6.39. The van der Waals surface area contributed by atoms with E-state index < -0.39 is 11.9 Å². The molecule has 5 atom stereocenters. The summed E-state index contributed by atoms with van der Waals surface area (Å²) in [6.07, 6.45) is 1.37. The second-order valence-corrected chi connectivity index (χ2v) is 12.7. The smallest absolute Gasteiger partial charge is 0.410 e. The van der Waals surface area contributed by atoms with Crippen LogP contribution in [0.4, 0.5) is 14.0 Å². The first-order chi connectivity index (χ1) is 19.6. The maximum absolute atomic E-state index is 15.9. The number of rotatable bonds is 6. The molecule has 2 bridgehead atoms. The molecule has 41 heavy (non-hydrogen) atoms. The number of likely N-dealkylation sites (tertiary alicyclic amines) is 1. The van der Waals surface area contributed by atoms with Crippen LogP contribution < -0.4 is 4.74 Å². The Bertz CT molecular complexity index is 1600. The molecule has 1 aromatic carbocycles. The number of carboxylic acid groups (broad SMARTS) is 1. The lowest BCUT2D eigenvalue weighted by Crippen LogP contribution is -2.43. The van der Waals surface area contributed by atoms with Crippen molar-refractivity contribution in [1.29, 1.82) is 0 Å². The van der Waals surface area contributed by atoms with Gasteiger partial charge in [0.2, 0.25) is 5.88 Å². The number of pyridine rings is 1. The number of benzene rings is 1. The first-order valence-electron chi connectivity index (χ1n) is 14.2. The summed E-state index contributed by atoms with van der Waals surface area (Å²) < 4.78 is 30.2. The zero-order valence-corrected chi connectivity index (χ0v) is 24.9. The Kier molecular flexibility index (Phi) is 6.35. The largest absolute Gasteiger partial charge is 0.472 e. The SMILES string of the molecule is Cc1cc2c(nc(OC(C)[C@@H]3CCCN3C)c3cc(CN4CCOC4=O)n([C@H]4[C@@H]5C[C@H]4N(C(=O)O)C5)c32)c(F)c1Br. The molecule has 1 N–H and O–H groups in total. The van der Waals surface area contributed by atoms with Gasteiger partial charge in [-0.25, -0.2) is 19.0 Å². The van der Waals surface area contributed by atoms with Gasteiger partial charge in [0.25, 0.3) is 0 Å². The predicted octanol–water partition coefficient (Wildman–Crippen LogP) is 5.14. The molecular formula is C29H33BrFN5O5. The van der Waals surface area contributed by atoms with Gasteiger partial charge in [-0.3, -0.25) is 9.80 Å². The molecule has 4 aliphatic heterocycles. The Morgan fingerprint density at radius 2 is 2.12 bits per heavy atom. The molecule has 8 rings (SSSR count). The molecule has 0 spiro atoms. The van der Waals surface area contributed by atoms with E-state index >= 15 is 4.39 Å². The molecule has 2 aromatic heterocycles. The minimum atomic E-state index is -0.933. The summed E-state index contributed by atoms with van der Waals surface area (Å²) in [7, 11) is 2.09. The van der Waals surface area contributed by atoms with Crippen LogP contribution >= 0.6 is 15.9 Å². The van der Waals surface area contributed by atoms with Crippen molar-refractivity contribution >= 4 is 49.9 Å². The van der Waals surface area contributed by atoms with Gasteiger partial charge in [0.15, 0.2) is 5.82 Å². The van der Waals surface area contributed by atoms with E-state index in [1.165, 1.54) is 4.90 Å². The minimum absolute atomic E-state index is 0.121. The van der Waals surface area contributed by atoms with Gasteiger partial charge in [-0.1, -0.05) is 0 Å². The summed E-state index contributed by atoms with van der Waals surface area (Å²) in [6, 6.07) is 3.80. The van der Waals surface area contributed by atoms with Crippen LogP contribution in [0.2, 0.25) is 0 Å². The second kappa shape index (κ2) is 9.72. The summed E-state index contributed by atoms with van der Waals surface area (Å²) in [5, 5.41) is 11.3. The van der Waals surface area contributed by atoms with E-state index in [-0.39, 0.29) is 48.3 Å². The quantitative estimate of drug-likeness (QED) is 0.403. The standard InChI is InChI=1S/C29H33BrFN5O5/c1-14-9-18-24(23(31)22(14)30)32-27(41-15(2)20-5-4-6-33(20)3)19-11-17(13-34-7-8-40-29(34)39)36(26(18)19)25-16-10-21(25)35(12-16)28(37)38/h9,11,15-16,20-21,25H,4-8,10,12-13H2,1-3H3,(H,37,38)/t15?,16-,20+,21-,25+/m1/s1. The van der Waals surface area contributed by atoms with Gasteiger partial charge in [-0.2, -0.15) is 0 Å². The molecule has 3 aromatic rings. The maximum atomic E-state index is 15.9. The van der Waals surface area contributed by atoms with Crippen LogP contribution in [0.15, 0.2) is 16.6 Å². The Morgan fingerprint density at radius 3 is 2.78 bits per heavy atom. The fraction of sp³-hybridized carbons (Fsp3) is 0.552. The topological polar surface area (TPSA) is 100 Å². The van der Waals surface area contributed by atoms with Crippen LogP contribution in [0.3, 0.4) is 0 Å². The highest BCUT2D eigenvalue weighted by molar-refractivity contribution is 9.10. The molecule has 1 unspecified atom stereocenters. The van der Waals surface area contributed by atoms with Gasteiger partial charge < -0.3 is 24.0 Å². The van der Waals surface area contributed by atoms with Gasteiger partial charge >= 0.3 is 12.2 Å². The van der Waals surface area contributed by atoms with E-state index in [1.54, 1.807) is 4.90 Å². The molecule has 10 nitrogen and oxygen atoms in total. The van der Waals surface area contributed by atoms with Crippen molar-refractivity contribution in [3.8, 4) is 5.88 Å². The number of aromatic nitrogens is 2. The van der Waals surface area contributed by atoms with Crippen LogP contribution in [0, 0.1) is 18.7 Å². The third kappa shape index (κ3) is 4.08. The lowest BCUT2D eigenvalue weighted by molar-refractivity contribution is 0.118. The molecule has 1 saturated carbocycles. The van der Waals surface area contributed by atoms with Crippen molar-refractivity contribution in [2.75, 3.05) is 33.3 Å². The molecule has 0 radical (unpaired) electrons. The lowest BCUT2D eigenvalue weighted by Gasteiger charge is -2.39. The molecule has 1 aliphatic carbocycles. The van der Waals surface area contributed by atoms with Crippen LogP contribution in [0.25, 0.3) is 21.8 Å². The average molecular weight is 631 g/mol. The zero-order valence-electron chi connectivity index (χ0n) is 23.3. The van der Waals surface area contributed by atoms with E-state index in [9.17, 15) is 14.7 Å². The van der Waals surface area contributed by atoms with Crippen LogP contribution in [-0.4, -0.2) is 93.0 Å². The van der Waals surface area contributed by atoms with Crippen molar-refractivity contribution < 1.29 is 28.6 Å². The number of carbonyl (C=O) groups excluding carboxylic acids is 1. The van der Waals surface area contributed by atoms with Crippen LogP contribution in [0.5, 0.6) is 5.88 Å². The Hall–Kier alpha value is -3.12. The molecule has 12 heteroatoms. The van der Waals surface area contributed by atoms with Crippen LogP contribution in [-0.2, 0) is 11.3 Å². The number of carbonyl (C=O) groups is 2. The normalized spacial score (nSPS) is 26.7. The molecule has 2 amide bonds. The molecule has 5 fully saturated rings. The van der Waals surface area contributed by atoms with E-state index in [2.05, 4.69) is 32.4 Å². The zero-order chi connectivity index (χ0) is 28.7. The third-order valence-corrected chi connectivity index (χ3v) is 10.6. The van der Waals surface area contributed by atoms with Crippen molar-refractivity contribution in [1.82, 2.24) is 24.3 Å². The first kappa shape index (κ1) is 26.8. The first-order valence-corrected chi connectivity index (χ1v) is 15.0. The number of aryl methyl sites for hydroxylation is 1. The average Bonchev–Trinajstić information content (AvgIpc) is 3.74. The monoisotopic (exact) mass is 629 g/mol. The molecule has 6 heterocycles. The molecule has 218 valence electrons. The van der Waals surface area contributed by atoms with Crippen molar-refractivity contribution in [3.05, 3.63) is 33.7 Å². The van der Waals surface area contributed by atoms with Gasteiger partial charge in [-0.15, -0.1) is 0 Å². The number of halogens is 2. The number of hydrogen-bond donors (Lipinski definition) is 1. The van der Waals surface area contributed by atoms with Crippen molar-refractivity contribution in [2.45, 2.75) is 63.9 Å². The van der Waals surface area contributed by atoms with Gasteiger partial charge in [0, 0.05) is 29.6 Å². The number of hydrogen-bond acceptors (Lipinski definition) is 6. The maximum Gasteiger partial charge on any atom is 0.410 e. The van der Waals surface area contributed by atoms with Gasteiger partial charge in [0.05, 0.1) is 40.5 Å². The highest BCUT2D eigenvalue weighted by atomic mass is 79.9. The summed E-state index contributed by atoms with van der Waals surface area (Å²) in [5.74, 6) is 0.00952. The fourth-order valence-corrected chi connectivity index (χ4v) is 7.81. The van der Waals surface area contributed by atoms with E-state index in [4.69, 9.17) is 14.5 Å².